The van der Waals surface area contributed by atoms with E-state index in [9.17, 15) is 39.6 Å². The van der Waals surface area contributed by atoms with Crippen molar-refractivity contribution in [3.05, 3.63) is 0 Å². The molecular weight excluding hydrogens is 386 g/mol. The number of hydrogen-bond donors (Lipinski definition) is 0. The molecule has 0 amide bonds. The smallest absolute Gasteiger partial charge is 0.549 e. The van der Waals surface area contributed by atoms with Gasteiger partial charge in [0.15, 0.2) is 0 Å². The largest absolute Gasteiger partial charge is 2.00 e. The van der Waals surface area contributed by atoms with Crippen molar-refractivity contribution in [2.75, 3.05) is 39.3 Å². The Labute approximate surface area is 187 Å². The first-order valence-corrected chi connectivity index (χ1v) is 5.44. The number of carbonyl (C=O) groups excluding carboxylic acids is 4. The number of carbonyl (C=O) groups is 4. The Bertz CT molecular complexity index is 331. The molecule has 0 aliphatic carbocycles. The Balaban J connectivity index is -0.000000602. The minimum Gasteiger partial charge on any atom is -0.549 e. The van der Waals surface area contributed by atoms with E-state index in [1.807, 2.05) is 0 Å². The van der Waals surface area contributed by atoms with Crippen molar-refractivity contribution in [3.8, 4) is 0 Å². The van der Waals surface area contributed by atoms with E-state index in [1.54, 1.807) is 0 Å². The van der Waals surface area contributed by atoms with E-state index in [1.165, 1.54) is 0 Å². The third kappa shape index (κ3) is 20.3. The summed E-state index contributed by atoms with van der Waals surface area (Å²) in [5.74, 6) is -6.12. The zero-order valence-corrected chi connectivity index (χ0v) is 17.6. The Morgan fingerprint density at radius 2 is 0.739 bits per heavy atom. The van der Waals surface area contributed by atoms with Gasteiger partial charge in [-0.15, -0.1) is 0 Å². The number of aliphatic carboxylic acids is 4. The second-order valence-corrected chi connectivity index (χ2v) is 3.91. The molecule has 0 N–H and O–H groups in total. The fourth-order valence-corrected chi connectivity index (χ4v) is 1.44. The molecule has 0 spiro atoms. The van der Waals surface area contributed by atoms with Crippen molar-refractivity contribution in [3.63, 3.8) is 0 Å². The van der Waals surface area contributed by atoms with Crippen LogP contribution in [0, 0.1) is 0 Å². The number of hydrogen-bond acceptors (Lipinski definition) is 10. The van der Waals surface area contributed by atoms with Crippen LogP contribution in [-0.4, -0.2) is 72.9 Å². The molecule has 0 aliphatic heterocycles. The maximum atomic E-state index is 10.4. The summed E-state index contributed by atoms with van der Waals surface area (Å²) in [5.41, 5.74) is 0. The van der Waals surface area contributed by atoms with Crippen LogP contribution in [0.5, 0.6) is 0 Å². The zero-order chi connectivity index (χ0) is 15.7. The first-order chi connectivity index (χ1) is 9.20. The van der Waals surface area contributed by atoms with Gasteiger partial charge in [0.1, 0.15) is 0 Å². The van der Waals surface area contributed by atoms with Gasteiger partial charge in [0.25, 0.3) is 0 Å². The van der Waals surface area contributed by atoms with Crippen molar-refractivity contribution in [2.45, 2.75) is 0 Å². The maximum Gasteiger partial charge on any atom is 2.00 e. The Kier molecular flexibility index (Phi) is 23.2. The standard InChI is InChI=1S/C10H16N2O8.Cu.2Na/c13-7(14)3-11(4-8(15)16)1-2-12(5-9(17)18)6-10(19)20;;;/h1-6H2,(H,13,14)(H,15,16)(H,17,18)(H,19,20);;;/q;+2;2*+1/p-4/i;1+0;;. The van der Waals surface area contributed by atoms with Crippen LogP contribution in [0.1, 0.15) is 0 Å². The molecule has 10 nitrogen and oxygen atoms in total. The van der Waals surface area contributed by atoms with Crippen LogP contribution in [0.3, 0.4) is 0 Å². The number of carboxylic acid groups (broad SMARTS) is 4. The molecule has 123 valence electrons. The summed E-state index contributed by atoms with van der Waals surface area (Å²) >= 11 is 0. The Hall–Kier alpha value is 0.319. The minimum atomic E-state index is -1.53. The molecule has 0 aromatic heterocycles. The van der Waals surface area contributed by atoms with Gasteiger partial charge < -0.3 is 39.6 Å². The van der Waals surface area contributed by atoms with Crippen LogP contribution in [0.2, 0.25) is 0 Å². The van der Waals surface area contributed by atoms with Gasteiger partial charge in [-0.1, -0.05) is 0 Å². The predicted octanol–water partition coefficient (Wildman–Crippen LogP) is -13.4. The Morgan fingerprint density at radius 1 is 0.565 bits per heavy atom. The van der Waals surface area contributed by atoms with Gasteiger partial charge in [0.2, 0.25) is 0 Å². The molecule has 0 fully saturated rings. The van der Waals surface area contributed by atoms with Crippen molar-refractivity contribution in [1.29, 1.82) is 0 Å². The van der Waals surface area contributed by atoms with Crippen molar-refractivity contribution >= 4 is 23.9 Å². The molecule has 13 heteroatoms. The molecule has 0 atom stereocenters. The van der Waals surface area contributed by atoms with Crippen LogP contribution in [0.25, 0.3) is 0 Å². The number of rotatable bonds is 11. The third-order valence-electron chi connectivity index (χ3n) is 2.14. The molecule has 0 rings (SSSR count). The van der Waals surface area contributed by atoms with Crippen molar-refractivity contribution < 1.29 is 116 Å². The summed E-state index contributed by atoms with van der Waals surface area (Å²) in [6.07, 6.45) is 0. The second kappa shape index (κ2) is 17.2. The fraction of sp³-hybridized carbons (Fsp3) is 0.600. The summed E-state index contributed by atoms with van der Waals surface area (Å²) in [4.78, 5) is 43.4. The van der Waals surface area contributed by atoms with Crippen LogP contribution in [-0.2, 0) is 36.2 Å². The third-order valence-corrected chi connectivity index (χ3v) is 2.14. The maximum absolute atomic E-state index is 10.4. The number of nitrogens with zero attached hydrogens (tertiary/aromatic N) is 2. The second-order valence-electron chi connectivity index (χ2n) is 3.91. The number of carboxylic acids is 4. The van der Waals surface area contributed by atoms with Crippen LogP contribution < -0.4 is 79.5 Å². The van der Waals surface area contributed by atoms with Crippen LogP contribution in [0.15, 0.2) is 0 Å². The Morgan fingerprint density at radius 3 is 0.870 bits per heavy atom. The van der Waals surface area contributed by atoms with E-state index in [0.717, 1.165) is 9.80 Å². The van der Waals surface area contributed by atoms with E-state index >= 15 is 0 Å². The fourth-order valence-electron chi connectivity index (χ4n) is 1.44. The van der Waals surface area contributed by atoms with Gasteiger partial charge in [0, 0.05) is 39.3 Å². The zero-order valence-electron chi connectivity index (χ0n) is 12.7. The van der Waals surface area contributed by atoms with Gasteiger partial charge in [-0.2, -0.15) is 0 Å². The summed E-state index contributed by atoms with van der Waals surface area (Å²) in [7, 11) is 0. The molecular formula is C10H12CuN2Na2O8. The summed E-state index contributed by atoms with van der Waals surface area (Å²) in [6, 6.07) is 0. The molecule has 0 heterocycles. The first kappa shape index (κ1) is 31.1. The average Bonchev–Trinajstić information content (AvgIpc) is 2.22. The normalized spacial score (nSPS) is 9.30. The SMILES string of the molecule is O=C([O-])CN(CCN(CC(=O)[O-])CC(=O)[O-])CC(=O)[O-].[64Cu+2].[Na+].[Na+]. The van der Waals surface area contributed by atoms with Gasteiger partial charge in [-0.25, -0.2) is 0 Å². The van der Waals surface area contributed by atoms with E-state index < -0.39 is 50.1 Å². The van der Waals surface area contributed by atoms with Crippen LogP contribution in [0.4, 0.5) is 0 Å². The van der Waals surface area contributed by atoms with E-state index in [0.29, 0.717) is 0 Å². The van der Waals surface area contributed by atoms with Gasteiger partial charge >= 0.3 is 76.2 Å². The molecule has 1 radical (unpaired) electrons. The molecule has 0 saturated heterocycles. The van der Waals surface area contributed by atoms with E-state index in [4.69, 9.17) is 0 Å². The van der Waals surface area contributed by atoms with E-state index in [-0.39, 0.29) is 89.3 Å². The molecule has 0 unspecified atom stereocenters. The molecule has 0 aliphatic rings. The quantitative estimate of drug-likeness (QED) is 0.305. The molecule has 23 heavy (non-hydrogen) atoms. The first-order valence-electron chi connectivity index (χ1n) is 5.44. The van der Waals surface area contributed by atoms with Crippen molar-refractivity contribution in [2.24, 2.45) is 0 Å². The molecule has 0 bridgehead atoms. The van der Waals surface area contributed by atoms with E-state index in [2.05, 4.69) is 0 Å². The summed E-state index contributed by atoms with van der Waals surface area (Å²) in [5, 5.41) is 41.6. The van der Waals surface area contributed by atoms with Gasteiger partial charge in [-0.05, 0) is 0 Å². The predicted molar refractivity (Wildman–Crippen MR) is 52.9 cm³/mol. The minimum absolute atomic E-state index is 0. The molecule has 0 aromatic carbocycles. The average molecular weight is 398 g/mol. The van der Waals surface area contributed by atoms with Gasteiger partial charge in [0.05, 0.1) is 23.9 Å². The van der Waals surface area contributed by atoms with Gasteiger partial charge in [-0.3, -0.25) is 9.80 Å². The monoisotopic (exact) mass is 398 g/mol. The summed E-state index contributed by atoms with van der Waals surface area (Å²) < 4.78 is 0. The topological polar surface area (TPSA) is 167 Å². The molecule has 0 saturated carbocycles. The summed E-state index contributed by atoms with van der Waals surface area (Å²) in [6.45, 7) is -3.25. The molecule has 0 aromatic rings. The van der Waals surface area contributed by atoms with Crippen molar-refractivity contribution in [1.82, 2.24) is 9.80 Å². The van der Waals surface area contributed by atoms with Crippen LogP contribution >= 0.6 is 0 Å².